The molecule has 1 atom stereocenters. The summed E-state index contributed by atoms with van der Waals surface area (Å²) < 4.78 is 0. The van der Waals surface area contributed by atoms with Gasteiger partial charge in [-0.2, -0.15) is 0 Å². The van der Waals surface area contributed by atoms with Crippen molar-refractivity contribution in [1.29, 1.82) is 0 Å². The van der Waals surface area contributed by atoms with Gasteiger partial charge in [0.15, 0.2) is 0 Å². The van der Waals surface area contributed by atoms with Crippen LogP contribution in [0.3, 0.4) is 0 Å². The van der Waals surface area contributed by atoms with Crippen LogP contribution < -0.4 is 10.6 Å². The molecule has 35 heavy (non-hydrogen) atoms. The maximum absolute atomic E-state index is 13.2. The molecule has 1 saturated heterocycles. The third-order valence-electron chi connectivity index (χ3n) is 7.48. The van der Waals surface area contributed by atoms with Crippen LogP contribution in [0, 0.1) is 0 Å². The summed E-state index contributed by atoms with van der Waals surface area (Å²) in [6.45, 7) is 8.20. The number of hydrogen-bond acceptors (Lipinski definition) is 5. The lowest BCUT2D eigenvalue weighted by Gasteiger charge is -2.28. The fraction of sp³-hybridized carbons (Fsp3) is 0.586. The van der Waals surface area contributed by atoms with Crippen molar-refractivity contribution in [3.63, 3.8) is 0 Å². The van der Waals surface area contributed by atoms with E-state index < -0.39 is 0 Å². The van der Waals surface area contributed by atoms with Crippen LogP contribution in [-0.4, -0.2) is 59.0 Å². The van der Waals surface area contributed by atoms with E-state index >= 15 is 0 Å². The predicted octanol–water partition coefficient (Wildman–Crippen LogP) is 4.11. The molecule has 1 aromatic heterocycles. The Kier molecular flexibility index (Phi) is 10.1. The number of benzene rings is 1. The molecule has 1 unspecified atom stereocenters. The molecule has 4 rings (SSSR count). The minimum absolute atomic E-state index is 0.129. The molecule has 0 bridgehead atoms. The zero-order valence-corrected chi connectivity index (χ0v) is 21.4. The van der Waals surface area contributed by atoms with Gasteiger partial charge in [-0.1, -0.05) is 49.6 Å². The summed E-state index contributed by atoms with van der Waals surface area (Å²) >= 11 is 0. The molecule has 1 aliphatic heterocycles. The van der Waals surface area contributed by atoms with Crippen LogP contribution in [0.1, 0.15) is 68.7 Å². The van der Waals surface area contributed by atoms with Crippen LogP contribution in [0.15, 0.2) is 48.7 Å². The van der Waals surface area contributed by atoms with Gasteiger partial charge in [-0.3, -0.25) is 14.7 Å². The van der Waals surface area contributed by atoms with Crippen molar-refractivity contribution in [3.05, 3.63) is 65.5 Å². The molecule has 2 N–H and O–H groups in total. The Morgan fingerprint density at radius 2 is 1.71 bits per heavy atom. The summed E-state index contributed by atoms with van der Waals surface area (Å²) in [6.07, 6.45) is 10.9. The maximum Gasteiger partial charge on any atom is 0.239 e. The van der Waals surface area contributed by atoms with Crippen molar-refractivity contribution >= 4 is 5.91 Å². The molecule has 1 aromatic carbocycles. The highest BCUT2D eigenvalue weighted by atomic mass is 16.2. The van der Waals surface area contributed by atoms with E-state index in [2.05, 4.69) is 44.8 Å². The SMILES string of the molecule is CC1C(=O)N(Cc2ccc(CNCCCNC3CCCCC3)cc2)CCCN1Cc1ccccn1. The first-order valence-corrected chi connectivity index (χ1v) is 13.6. The average Bonchev–Trinajstić information content (AvgIpc) is 3.02. The number of amides is 1. The molecule has 1 aliphatic carbocycles. The van der Waals surface area contributed by atoms with Gasteiger partial charge in [-0.25, -0.2) is 0 Å². The van der Waals surface area contributed by atoms with Gasteiger partial charge in [0.2, 0.25) is 5.91 Å². The van der Waals surface area contributed by atoms with E-state index in [0.717, 1.165) is 57.4 Å². The highest BCUT2D eigenvalue weighted by Crippen LogP contribution is 2.18. The summed E-state index contributed by atoms with van der Waals surface area (Å²) in [5.41, 5.74) is 3.51. The molecule has 0 radical (unpaired) electrons. The van der Waals surface area contributed by atoms with Gasteiger partial charge >= 0.3 is 0 Å². The molecule has 6 nitrogen and oxygen atoms in total. The summed E-state index contributed by atoms with van der Waals surface area (Å²) in [7, 11) is 0. The Hall–Kier alpha value is -2.28. The maximum atomic E-state index is 13.2. The number of carbonyl (C=O) groups is 1. The number of pyridine rings is 1. The zero-order chi connectivity index (χ0) is 24.3. The molecule has 2 aliphatic rings. The van der Waals surface area contributed by atoms with Crippen LogP contribution in [0.5, 0.6) is 0 Å². The van der Waals surface area contributed by atoms with Gasteiger partial charge in [0.1, 0.15) is 0 Å². The second-order valence-corrected chi connectivity index (χ2v) is 10.2. The Balaban J connectivity index is 1.17. The molecular weight excluding hydrogens is 434 g/mol. The number of aromatic nitrogens is 1. The minimum Gasteiger partial charge on any atom is -0.337 e. The van der Waals surface area contributed by atoms with Crippen LogP contribution in [0.25, 0.3) is 0 Å². The Morgan fingerprint density at radius 3 is 2.49 bits per heavy atom. The topological polar surface area (TPSA) is 60.5 Å². The van der Waals surface area contributed by atoms with Crippen molar-refractivity contribution in [2.24, 2.45) is 0 Å². The van der Waals surface area contributed by atoms with Crippen molar-refractivity contribution in [1.82, 2.24) is 25.4 Å². The zero-order valence-electron chi connectivity index (χ0n) is 21.4. The number of carbonyl (C=O) groups excluding carboxylic acids is 1. The molecule has 190 valence electrons. The van der Waals surface area contributed by atoms with E-state index in [-0.39, 0.29) is 11.9 Å². The van der Waals surface area contributed by atoms with Crippen molar-refractivity contribution in [2.75, 3.05) is 26.2 Å². The predicted molar refractivity (Wildman–Crippen MR) is 142 cm³/mol. The number of nitrogens with zero attached hydrogens (tertiary/aromatic N) is 3. The monoisotopic (exact) mass is 477 g/mol. The highest BCUT2D eigenvalue weighted by Gasteiger charge is 2.29. The lowest BCUT2D eigenvalue weighted by Crippen LogP contribution is -2.43. The van der Waals surface area contributed by atoms with E-state index in [9.17, 15) is 4.79 Å². The van der Waals surface area contributed by atoms with Crippen molar-refractivity contribution in [3.8, 4) is 0 Å². The lowest BCUT2D eigenvalue weighted by atomic mass is 9.95. The Labute approximate surface area is 211 Å². The van der Waals surface area contributed by atoms with Gasteiger partial charge in [0.25, 0.3) is 0 Å². The fourth-order valence-corrected chi connectivity index (χ4v) is 5.30. The molecule has 0 spiro atoms. The van der Waals surface area contributed by atoms with Gasteiger partial charge in [-0.05, 0) is 69.0 Å². The molecule has 6 heteroatoms. The van der Waals surface area contributed by atoms with Gasteiger partial charge in [-0.15, -0.1) is 0 Å². The van der Waals surface area contributed by atoms with E-state index in [4.69, 9.17) is 0 Å². The minimum atomic E-state index is -0.129. The standard InChI is InChI=1S/C29H43N5O/c1-24-29(35)34(20-8-19-33(24)23-28-11-5-6-17-32-28)22-26-14-12-25(13-15-26)21-30-16-7-18-31-27-9-3-2-4-10-27/h5-6,11-15,17,24,27,30-31H,2-4,7-10,16,18-23H2,1H3. The van der Waals surface area contributed by atoms with E-state index in [0.29, 0.717) is 6.54 Å². The summed E-state index contributed by atoms with van der Waals surface area (Å²) in [5.74, 6) is 0.214. The first kappa shape index (κ1) is 25.8. The van der Waals surface area contributed by atoms with Crippen molar-refractivity contribution in [2.45, 2.75) is 83.6 Å². The molecule has 2 fully saturated rings. The summed E-state index contributed by atoms with van der Waals surface area (Å²) in [6, 6.07) is 15.3. The molecule has 1 amide bonds. The Bertz CT molecular complexity index is 882. The molecular formula is C29H43N5O. The van der Waals surface area contributed by atoms with Crippen LogP contribution >= 0.6 is 0 Å². The molecule has 2 aromatic rings. The molecule has 1 saturated carbocycles. The molecule has 2 heterocycles. The van der Waals surface area contributed by atoms with Crippen LogP contribution in [-0.2, 0) is 24.4 Å². The van der Waals surface area contributed by atoms with Gasteiger partial charge < -0.3 is 15.5 Å². The van der Waals surface area contributed by atoms with Gasteiger partial charge in [0, 0.05) is 45.0 Å². The van der Waals surface area contributed by atoms with E-state index in [1.165, 1.54) is 49.7 Å². The second-order valence-electron chi connectivity index (χ2n) is 10.2. The number of hydrogen-bond donors (Lipinski definition) is 2. The Morgan fingerprint density at radius 1 is 0.914 bits per heavy atom. The first-order chi connectivity index (χ1) is 17.2. The van der Waals surface area contributed by atoms with Crippen LogP contribution in [0.2, 0.25) is 0 Å². The fourth-order valence-electron chi connectivity index (χ4n) is 5.30. The second kappa shape index (κ2) is 13.7. The average molecular weight is 478 g/mol. The quantitative estimate of drug-likeness (QED) is 0.477. The van der Waals surface area contributed by atoms with E-state index in [1.807, 2.05) is 36.2 Å². The lowest BCUT2D eigenvalue weighted by molar-refractivity contribution is -0.135. The summed E-state index contributed by atoms with van der Waals surface area (Å²) in [4.78, 5) is 21.9. The smallest absolute Gasteiger partial charge is 0.239 e. The summed E-state index contributed by atoms with van der Waals surface area (Å²) in [5, 5.41) is 7.28. The number of nitrogens with one attached hydrogen (secondary N) is 2. The number of rotatable bonds is 11. The first-order valence-electron chi connectivity index (χ1n) is 13.6. The largest absolute Gasteiger partial charge is 0.337 e. The van der Waals surface area contributed by atoms with Crippen LogP contribution in [0.4, 0.5) is 0 Å². The third kappa shape index (κ3) is 8.13. The normalized spacial score (nSPS) is 20.2. The van der Waals surface area contributed by atoms with E-state index in [1.54, 1.807) is 0 Å². The third-order valence-corrected chi connectivity index (χ3v) is 7.48. The highest BCUT2D eigenvalue weighted by molar-refractivity contribution is 5.81. The van der Waals surface area contributed by atoms with Crippen molar-refractivity contribution < 1.29 is 4.79 Å². The van der Waals surface area contributed by atoms with Gasteiger partial charge in [0.05, 0.1) is 11.7 Å².